The molecule has 1 atom stereocenters. The van der Waals surface area contributed by atoms with Gasteiger partial charge < -0.3 is 4.57 Å². The van der Waals surface area contributed by atoms with E-state index >= 15 is 0 Å². The summed E-state index contributed by atoms with van der Waals surface area (Å²) in [5.41, 5.74) is 0. The zero-order valence-corrected chi connectivity index (χ0v) is 13.9. The Morgan fingerprint density at radius 3 is 2.96 bits per heavy atom. The first-order valence-electron chi connectivity index (χ1n) is 7.63. The van der Waals surface area contributed by atoms with E-state index in [1.807, 2.05) is 17.8 Å². The number of likely N-dealkylation sites (tertiary alicyclic amines) is 1. The highest BCUT2D eigenvalue weighted by Gasteiger charge is 2.25. The van der Waals surface area contributed by atoms with Crippen LogP contribution in [0.15, 0.2) is 41.8 Å². The smallest absolute Gasteiger partial charge is 0.242 e. The summed E-state index contributed by atoms with van der Waals surface area (Å²) < 4.78 is 29.1. The lowest BCUT2D eigenvalue weighted by Gasteiger charge is -2.16. The molecule has 0 amide bonds. The molecule has 0 bridgehead atoms. The molecule has 0 saturated carbocycles. The van der Waals surface area contributed by atoms with Crippen molar-refractivity contribution in [3.05, 3.63) is 42.7 Å². The highest BCUT2D eigenvalue weighted by molar-refractivity contribution is 7.89. The van der Waals surface area contributed by atoms with Gasteiger partial charge in [-0.25, -0.2) is 18.1 Å². The largest absolute Gasteiger partial charge is 0.337 e. The molecule has 0 radical (unpaired) electrons. The number of sulfonamides is 1. The normalized spacial score (nSPS) is 19.3. The summed E-state index contributed by atoms with van der Waals surface area (Å²) in [7, 11) is -1.49. The van der Waals surface area contributed by atoms with Crippen molar-refractivity contribution in [1.82, 2.24) is 24.2 Å². The number of pyridine rings is 1. The van der Waals surface area contributed by atoms with Crippen molar-refractivity contribution in [2.24, 2.45) is 13.0 Å². The summed E-state index contributed by atoms with van der Waals surface area (Å²) in [6.07, 6.45) is 7.64. The number of aromatic nitrogens is 3. The zero-order valence-electron chi connectivity index (χ0n) is 13.1. The molecule has 3 rings (SSSR count). The molecule has 1 unspecified atom stereocenters. The molecule has 1 N–H and O–H groups in total. The Kier molecular flexibility index (Phi) is 4.74. The van der Waals surface area contributed by atoms with Crippen LogP contribution in [-0.4, -0.2) is 47.5 Å². The van der Waals surface area contributed by atoms with Gasteiger partial charge in [0.25, 0.3) is 0 Å². The van der Waals surface area contributed by atoms with Crippen LogP contribution >= 0.6 is 0 Å². The lowest BCUT2D eigenvalue weighted by atomic mass is 10.1. The minimum Gasteiger partial charge on any atom is -0.337 e. The van der Waals surface area contributed by atoms with Crippen LogP contribution in [0.1, 0.15) is 12.2 Å². The van der Waals surface area contributed by atoms with E-state index in [2.05, 4.69) is 19.6 Å². The second-order valence-electron chi connectivity index (χ2n) is 5.88. The highest BCUT2D eigenvalue weighted by atomic mass is 32.2. The molecule has 1 saturated heterocycles. The molecule has 7 nitrogen and oxygen atoms in total. The summed E-state index contributed by atoms with van der Waals surface area (Å²) >= 11 is 0. The number of nitrogens with one attached hydrogen (secondary N) is 1. The van der Waals surface area contributed by atoms with Gasteiger partial charge >= 0.3 is 0 Å². The maximum Gasteiger partial charge on any atom is 0.242 e. The minimum atomic E-state index is -3.47. The number of nitrogens with zero attached hydrogens (tertiary/aromatic N) is 4. The van der Waals surface area contributed by atoms with E-state index in [0.717, 1.165) is 31.9 Å². The van der Waals surface area contributed by atoms with Crippen molar-refractivity contribution in [2.45, 2.75) is 17.9 Å². The fourth-order valence-corrected chi connectivity index (χ4v) is 3.87. The van der Waals surface area contributed by atoms with Gasteiger partial charge in [-0.3, -0.25) is 9.88 Å². The predicted octanol–water partition coefficient (Wildman–Crippen LogP) is 0.615. The van der Waals surface area contributed by atoms with Crippen molar-refractivity contribution in [3.63, 3.8) is 0 Å². The maximum absolute atomic E-state index is 12.2. The SMILES string of the molecule is Cn1ccnc1CN1CCC(CNS(=O)(=O)c2cccnc2)C1. The Hall–Kier alpha value is -1.77. The summed E-state index contributed by atoms with van der Waals surface area (Å²) in [6.45, 7) is 3.10. The molecule has 1 fully saturated rings. The molecule has 124 valence electrons. The van der Waals surface area contributed by atoms with E-state index in [4.69, 9.17) is 0 Å². The Bertz CT molecular complexity index is 744. The lowest BCUT2D eigenvalue weighted by Crippen LogP contribution is -2.31. The molecule has 0 spiro atoms. The molecule has 2 aromatic rings. The molecule has 3 heterocycles. The van der Waals surface area contributed by atoms with Crippen LogP contribution in [-0.2, 0) is 23.6 Å². The van der Waals surface area contributed by atoms with E-state index in [-0.39, 0.29) is 4.90 Å². The Morgan fingerprint density at radius 2 is 2.26 bits per heavy atom. The van der Waals surface area contributed by atoms with Gasteiger partial charge in [-0.05, 0) is 31.0 Å². The van der Waals surface area contributed by atoms with E-state index in [9.17, 15) is 8.42 Å². The zero-order chi connectivity index (χ0) is 16.3. The topological polar surface area (TPSA) is 80.1 Å². The van der Waals surface area contributed by atoms with E-state index in [1.54, 1.807) is 24.5 Å². The highest BCUT2D eigenvalue weighted by Crippen LogP contribution is 2.18. The monoisotopic (exact) mass is 335 g/mol. The Balaban J connectivity index is 1.51. The van der Waals surface area contributed by atoms with Crippen molar-refractivity contribution < 1.29 is 8.42 Å². The van der Waals surface area contributed by atoms with Crippen LogP contribution in [0.4, 0.5) is 0 Å². The van der Waals surface area contributed by atoms with Crippen molar-refractivity contribution in [3.8, 4) is 0 Å². The van der Waals surface area contributed by atoms with E-state index < -0.39 is 10.0 Å². The average molecular weight is 335 g/mol. The number of hydrogen-bond donors (Lipinski definition) is 1. The third-order valence-electron chi connectivity index (χ3n) is 4.16. The van der Waals surface area contributed by atoms with Gasteiger partial charge in [0.15, 0.2) is 0 Å². The van der Waals surface area contributed by atoms with Crippen LogP contribution in [0.5, 0.6) is 0 Å². The molecule has 23 heavy (non-hydrogen) atoms. The molecule has 0 aliphatic carbocycles. The third-order valence-corrected chi connectivity index (χ3v) is 5.57. The first kappa shape index (κ1) is 16.1. The van der Waals surface area contributed by atoms with Gasteiger partial charge in [0.2, 0.25) is 10.0 Å². The maximum atomic E-state index is 12.2. The van der Waals surface area contributed by atoms with Crippen molar-refractivity contribution in [2.75, 3.05) is 19.6 Å². The van der Waals surface area contributed by atoms with Crippen LogP contribution in [0.2, 0.25) is 0 Å². The van der Waals surface area contributed by atoms with Gasteiger partial charge in [0.05, 0.1) is 6.54 Å². The fraction of sp³-hybridized carbons (Fsp3) is 0.467. The van der Waals surface area contributed by atoms with Gasteiger partial charge in [0, 0.05) is 44.9 Å². The van der Waals surface area contributed by atoms with Gasteiger partial charge in [-0.2, -0.15) is 0 Å². The number of rotatable bonds is 6. The molecule has 0 aromatic carbocycles. The third kappa shape index (κ3) is 3.95. The fourth-order valence-electron chi connectivity index (χ4n) is 2.79. The second kappa shape index (κ2) is 6.77. The van der Waals surface area contributed by atoms with E-state index in [0.29, 0.717) is 12.5 Å². The Morgan fingerprint density at radius 1 is 1.39 bits per heavy atom. The molecule has 2 aromatic heterocycles. The van der Waals surface area contributed by atoms with Crippen molar-refractivity contribution >= 4 is 10.0 Å². The predicted molar refractivity (Wildman–Crippen MR) is 86.0 cm³/mol. The molecule has 8 heteroatoms. The molecular weight excluding hydrogens is 314 g/mol. The second-order valence-corrected chi connectivity index (χ2v) is 7.65. The molecule has 1 aliphatic heterocycles. The molecular formula is C15H21N5O2S. The number of imidazole rings is 1. The first-order valence-corrected chi connectivity index (χ1v) is 9.11. The van der Waals surface area contributed by atoms with Crippen LogP contribution < -0.4 is 4.72 Å². The standard InChI is InChI=1S/C15H21N5O2S/c1-19-8-6-17-15(19)12-20-7-4-13(11-20)9-18-23(21,22)14-3-2-5-16-10-14/h2-3,5-6,8,10,13,18H,4,7,9,11-12H2,1H3. The summed E-state index contributed by atoms with van der Waals surface area (Å²) in [6, 6.07) is 3.18. The summed E-state index contributed by atoms with van der Waals surface area (Å²) in [5.74, 6) is 1.35. The van der Waals surface area contributed by atoms with E-state index in [1.165, 1.54) is 6.20 Å². The summed E-state index contributed by atoms with van der Waals surface area (Å²) in [4.78, 5) is 10.7. The van der Waals surface area contributed by atoms with Gasteiger partial charge in [-0.15, -0.1) is 0 Å². The lowest BCUT2D eigenvalue weighted by molar-refractivity contribution is 0.305. The quantitative estimate of drug-likeness (QED) is 0.837. The van der Waals surface area contributed by atoms with Crippen molar-refractivity contribution in [1.29, 1.82) is 0 Å². The van der Waals surface area contributed by atoms with Crippen LogP contribution in [0, 0.1) is 5.92 Å². The van der Waals surface area contributed by atoms with Gasteiger partial charge in [-0.1, -0.05) is 0 Å². The first-order chi connectivity index (χ1) is 11.0. The Labute approximate surface area is 136 Å². The average Bonchev–Trinajstić information content (AvgIpc) is 3.16. The van der Waals surface area contributed by atoms with Crippen LogP contribution in [0.25, 0.3) is 0 Å². The number of hydrogen-bond acceptors (Lipinski definition) is 5. The van der Waals surface area contributed by atoms with Crippen LogP contribution in [0.3, 0.4) is 0 Å². The van der Waals surface area contributed by atoms with Gasteiger partial charge in [0.1, 0.15) is 10.7 Å². The number of aryl methyl sites for hydroxylation is 1. The summed E-state index contributed by atoms with van der Waals surface area (Å²) in [5, 5.41) is 0. The molecule has 1 aliphatic rings. The minimum absolute atomic E-state index is 0.211.